The summed E-state index contributed by atoms with van der Waals surface area (Å²) in [5, 5.41) is 0. The largest absolute Gasteiger partial charge is 0.467 e. The molecule has 1 heterocycles. The Hall–Kier alpha value is -1.11. The molecule has 0 saturated carbocycles. The molecule has 80 valence electrons. The number of hydrogen-bond donors (Lipinski definition) is 1. The molecule has 0 unspecified atom stereocenters. The zero-order chi connectivity index (χ0) is 11.0. The summed E-state index contributed by atoms with van der Waals surface area (Å²) < 4.78 is 64.9. The molecular weight excluding hydrogens is 209 g/mol. The Balaban J connectivity index is 2.94. The van der Waals surface area contributed by atoms with Crippen molar-refractivity contribution in [1.82, 2.24) is 0 Å². The highest BCUT2D eigenvalue weighted by atomic mass is 19.4. The van der Waals surface area contributed by atoms with E-state index in [1.807, 2.05) is 0 Å². The van der Waals surface area contributed by atoms with Crippen molar-refractivity contribution in [2.45, 2.75) is 18.1 Å². The minimum Gasteiger partial charge on any atom is -0.467 e. The Morgan fingerprint density at radius 1 is 1.21 bits per heavy atom. The third-order valence-corrected chi connectivity index (χ3v) is 1.62. The highest BCUT2D eigenvalue weighted by Gasteiger charge is 2.62. The maximum atomic E-state index is 12.6. The van der Waals surface area contributed by atoms with Crippen molar-refractivity contribution >= 4 is 0 Å². The van der Waals surface area contributed by atoms with E-state index < -0.39 is 23.9 Å². The second-order valence-corrected chi connectivity index (χ2v) is 2.61. The van der Waals surface area contributed by atoms with Gasteiger partial charge in [0.15, 0.2) is 0 Å². The number of halogens is 5. The van der Waals surface area contributed by atoms with E-state index >= 15 is 0 Å². The second-order valence-electron chi connectivity index (χ2n) is 2.61. The van der Waals surface area contributed by atoms with Crippen LogP contribution in [-0.2, 0) is 0 Å². The van der Waals surface area contributed by atoms with Gasteiger partial charge in [-0.25, -0.2) is 0 Å². The molecule has 7 heteroatoms. The zero-order valence-corrected chi connectivity index (χ0v) is 6.68. The van der Waals surface area contributed by atoms with Gasteiger partial charge in [-0.05, 0) is 12.1 Å². The van der Waals surface area contributed by atoms with Crippen LogP contribution in [0.5, 0.6) is 0 Å². The summed E-state index contributed by atoms with van der Waals surface area (Å²) in [6.07, 6.45) is -4.71. The molecule has 1 aromatic rings. The van der Waals surface area contributed by atoms with Crippen molar-refractivity contribution in [2.75, 3.05) is 0 Å². The lowest BCUT2D eigenvalue weighted by atomic mass is 10.1. The van der Waals surface area contributed by atoms with Crippen molar-refractivity contribution in [2.24, 2.45) is 5.73 Å². The molecular formula is C7H6F5NO. The molecule has 2 nitrogen and oxygen atoms in total. The Labute approximate surface area is 75.5 Å². The molecule has 0 aliphatic carbocycles. The number of furan rings is 1. The SMILES string of the molecule is N[C@H](c1ccco1)C(F)(F)C(F)(F)F. The highest BCUT2D eigenvalue weighted by Crippen LogP contribution is 2.43. The Kier molecular flexibility index (Phi) is 2.53. The van der Waals surface area contributed by atoms with Gasteiger partial charge in [-0.2, -0.15) is 22.0 Å². The van der Waals surface area contributed by atoms with Crippen LogP contribution in [0.15, 0.2) is 22.8 Å². The smallest absolute Gasteiger partial charge is 0.455 e. The Morgan fingerprint density at radius 2 is 1.79 bits per heavy atom. The molecule has 2 N–H and O–H groups in total. The summed E-state index contributed by atoms with van der Waals surface area (Å²) in [6, 6.07) is -0.371. The van der Waals surface area contributed by atoms with Crippen LogP contribution in [0.2, 0.25) is 0 Å². The summed E-state index contributed by atoms with van der Waals surface area (Å²) >= 11 is 0. The average molecular weight is 215 g/mol. The van der Waals surface area contributed by atoms with Gasteiger partial charge in [0.1, 0.15) is 11.8 Å². The van der Waals surface area contributed by atoms with Crippen LogP contribution >= 0.6 is 0 Å². The minimum absolute atomic E-state index is 0.604. The fourth-order valence-corrected chi connectivity index (χ4v) is 0.823. The van der Waals surface area contributed by atoms with E-state index in [0.717, 1.165) is 12.3 Å². The third-order valence-electron chi connectivity index (χ3n) is 1.62. The van der Waals surface area contributed by atoms with Gasteiger partial charge in [0.05, 0.1) is 6.26 Å². The molecule has 0 spiro atoms. The number of alkyl halides is 5. The van der Waals surface area contributed by atoms with Crippen LogP contribution in [-0.4, -0.2) is 12.1 Å². The zero-order valence-electron chi connectivity index (χ0n) is 6.68. The summed E-state index contributed by atoms with van der Waals surface area (Å²) in [4.78, 5) is 0. The molecule has 0 aromatic carbocycles. The van der Waals surface area contributed by atoms with Crippen molar-refractivity contribution in [1.29, 1.82) is 0 Å². The molecule has 1 rings (SSSR count). The van der Waals surface area contributed by atoms with Gasteiger partial charge >= 0.3 is 12.1 Å². The van der Waals surface area contributed by atoms with Gasteiger partial charge in [0.2, 0.25) is 0 Å². The fraction of sp³-hybridized carbons (Fsp3) is 0.429. The van der Waals surface area contributed by atoms with E-state index in [1.165, 1.54) is 6.07 Å². The maximum absolute atomic E-state index is 12.6. The third kappa shape index (κ3) is 1.72. The van der Waals surface area contributed by atoms with Gasteiger partial charge in [-0.3, -0.25) is 0 Å². The molecule has 0 radical (unpaired) electrons. The van der Waals surface area contributed by atoms with Crippen molar-refractivity contribution in [3.8, 4) is 0 Å². The van der Waals surface area contributed by atoms with Crippen molar-refractivity contribution in [3.05, 3.63) is 24.2 Å². The van der Waals surface area contributed by atoms with E-state index in [2.05, 4.69) is 4.42 Å². The lowest BCUT2D eigenvalue weighted by Gasteiger charge is -2.23. The standard InChI is InChI=1S/C7H6F5NO/c8-6(9,7(10,11)12)5(13)4-2-1-3-14-4/h1-3,5H,13H2/t5-/m1/s1. The van der Waals surface area contributed by atoms with Gasteiger partial charge in [-0.15, -0.1) is 0 Å². The molecule has 0 fully saturated rings. The monoisotopic (exact) mass is 215 g/mol. The first kappa shape index (κ1) is 11.0. The first-order chi connectivity index (χ1) is 6.27. The topological polar surface area (TPSA) is 39.2 Å². The number of nitrogens with two attached hydrogens (primary N) is 1. The molecule has 0 aliphatic heterocycles. The molecule has 1 atom stereocenters. The first-order valence-electron chi connectivity index (χ1n) is 3.50. The minimum atomic E-state index is -5.68. The highest BCUT2D eigenvalue weighted by molar-refractivity contribution is 5.09. The fourth-order valence-electron chi connectivity index (χ4n) is 0.823. The van der Waals surface area contributed by atoms with Crippen LogP contribution < -0.4 is 5.73 Å². The first-order valence-corrected chi connectivity index (χ1v) is 3.50. The summed E-state index contributed by atoms with van der Waals surface area (Å²) in [5.74, 6) is -5.60. The van der Waals surface area contributed by atoms with E-state index in [4.69, 9.17) is 5.73 Å². The Morgan fingerprint density at radius 3 is 2.14 bits per heavy atom. The van der Waals surface area contributed by atoms with E-state index in [0.29, 0.717) is 0 Å². The van der Waals surface area contributed by atoms with Gasteiger partial charge in [0, 0.05) is 0 Å². The lowest BCUT2D eigenvalue weighted by Crippen LogP contribution is -2.45. The normalized spacial score (nSPS) is 15.6. The van der Waals surface area contributed by atoms with Crippen LogP contribution in [0.25, 0.3) is 0 Å². The second kappa shape index (κ2) is 3.23. The van der Waals surface area contributed by atoms with Crippen LogP contribution in [0.3, 0.4) is 0 Å². The maximum Gasteiger partial charge on any atom is 0.455 e. The molecule has 0 saturated heterocycles. The molecule has 0 bridgehead atoms. The molecule has 14 heavy (non-hydrogen) atoms. The van der Waals surface area contributed by atoms with Crippen molar-refractivity contribution in [3.63, 3.8) is 0 Å². The summed E-state index contributed by atoms with van der Waals surface area (Å²) in [7, 11) is 0. The summed E-state index contributed by atoms with van der Waals surface area (Å²) in [5.41, 5.74) is 4.74. The predicted molar refractivity (Wildman–Crippen MR) is 36.6 cm³/mol. The van der Waals surface area contributed by atoms with E-state index in [-0.39, 0.29) is 0 Å². The van der Waals surface area contributed by atoms with E-state index in [9.17, 15) is 22.0 Å². The van der Waals surface area contributed by atoms with Gasteiger partial charge < -0.3 is 10.2 Å². The van der Waals surface area contributed by atoms with Crippen LogP contribution in [0.4, 0.5) is 22.0 Å². The lowest BCUT2D eigenvalue weighted by molar-refractivity contribution is -0.292. The quantitative estimate of drug-likeness (QED) is 0.769. The number of hydrogen-bond acceptors (Lipinski definition) is 2. The molecule has 0 aliphatic rings. The van der Waals surface area contributed by atoms with E-state index in [1.54, 1.807) is 0 Å². The van der Waals surface area contributed by atoms with Gasteiger partial charge in [0.25, 0.3) is 0 Å². The van der Waals surface area contributed by atoms with Crippen molar-refractivity contribution < 1.29 is 26.4 Å². The average Bonchev–Trinajstić information content (AvgIpc) is 2.52. The predicted octanol–water partition coefficient (Wildman–Crippen LogP) is 2.48. The van der Waals surface area contributed by atoms with Crippen LogP contribution in [0, 0.1) is 0 Å². The molecule has 0 amide bonds. The van der Waals surface area contributed by atoms with Gasteiger partial charge in [-0.1, -0.05) is 0 Å². The molecule has 1 aromatic heterocycles. The number of rotatable bonds is 2. The summed E-state index contributed by atoms with van der Waals surface area (Å²) in [6.45, 7) is 0. The Bertz CT molecular complexity index is 292. The van der Waals surface area contributed by atoms with Crippen LogP contribution in [0.1, 0.15) is 11.8 Å².